The van der Waals surface area contributed by atoms with Gasteiger partial charge in [-0.1, -0.05) is 0 Å². The SMILES string of the molecule is O=C(Cc1csc(-c2cccnc2)n1)Nc1ccc(-n2ccc(C(=O)O)n2)cc1. The van der Waals surface area contributed by atoms with Gasteiger partial charge in [0.2, 0.25) is 5.91 Å². The van der Waals surface area contributed by atoms with Crippen molar-refractivity contribution in [1.29, 1.82) is 0 Å². The van der Waals surface area contributed by atoms with E-state index >= 15 is 0 Å². The van der Waals surface area contributed by atoms with Gasteiger partial charge in [0.25, 0.3) is 0 Å². The summed E-state index contributed by atoms with van der Waals surface area (Å²) in [6, 6.07) is 12.2. The number of anilines is 1. The average molecular weight is 405 g/mol. The van der Waals surface area contributed by atoms with Crippen molar-refractivity contribution in [3.05, 3.63) is 77.8 Å². The second kappa shape index (κ2) is 8.03. The molecule has 0 radical (unpaired) electrons. The Bertz CT molecular complexity index is 1150. The van der Waals surface area contributed by atoms with E-state index < -0.39 is 5.97 Å². The first-order valence-electron chi connectivity index (χ1n) is 8.62. The summed E-state index contributed by atoms with van der Waals surface area (Å²) in [7, 11) is 0. The standard InChI is InChI=1S/C20H15N5O3S/c26-18(10-15-12-29-19(23-15)13-2-1-8-21-11-13)22-14-3-5-16(6-4-14)25-9-7-17(24-25)20(27)28/h1-9,11-12H,10H2,(H,22,26)(H,27,28). The molecule has 4 rings (SSSR count). The maximum absolute atomic E-state index is 12.3. The van der Waals surface area contributed by atoms with Crippen LogP contribution in [0.5, 0.6) is 0 Å². The summed E-state index contributed by atoms with van der Waals surface area (Å²) >= 11 is 1.47. The summed E-state index contributed by atoms with van der Waals surface area (Å²) in [5.41, 5.74) is 2.91. The largest absolute Gasteiger partial charge is 0.476 e. The van der Waals surface area contributed by atoms with Crippen molar-refractivity contribution < 1.29 is 14.7 Å². The predicted octanol–water partition coefficient (Wildman–Crippen LogP) is 3.27. The van der Waals surface area contributed by atoms with Gasteiger partial charge in [0.15, 0.2) is 5.69 Å². The third kappa shape index (κ3) is 4.36. The number of rotatable bonds is 6. The monoisotopic (exact) mass is 405 g/mol. The molecule has 4 aromatic rings. The van der Waals surface area contributed by atoms with Crippen LogP contribution in [0.25, 0.3) is 16.3 Å². The molecule has 0 unspecified atom stereocenters. The Balaban J connectivity index is 1.38. The number of benzene rings is 1. The normalized spacial score (nSPS) is 10.6. The van der Waals surface area contributed by atoms with Crippen molar-refractivity contribution in [2.75, 3.05) is 5.32 Å². The first kappa shape index (κ1) is 18.5. The molecule has 0 aliphatic rings. The lowest BCUT2D eigenvalue weighted by atomic mass is 10.2. The lowest BCUT2D eigenvalue weighted by Crippen LogP contribution is -2.14. The van der Waals surface area contributed by atoms with Gasteiger partial charge >= 0.3 is 5.97 Å². The Hall–Kier alpha value is -3.85. The van der Waals surface area contributed by atoms with E-state index in [-0.39, 0.29) is 18.0 Å². The van der Waals surface area contributed by atoms with Crippen molar-refractivity contribution in [2.24, 2.45) is 0 Å². The van der Waals surface area contributed by atoms with Gasteiger partial charge in [0.1, 0.15) is 5.01 Å². The number of pyridine rings is 1. The van der Waals surface area contributed by atoms with Crippen LogP contribution < -0.4 is 5.32 Å². The number of nitrogens with zero attached hydrogens (tertiary/aromatic N) is 4. The molecular weight excluding hydrogens is 390 g/mol. The molecule has 29 heavy (non-hydrogen) atoms. The minimum Gasteiger partial charge on any atom is -0.476 e. The van der Waals surface area contributed by atoms with Crippen molar-refractivity contribution in [3.63, 3.8) is 0 Å². The van der Waals surface area contributed by atoms with E-state index in [1.165, 1.54) is 22.1 Å². The third-order valence-electron chi connectivity index (χ3n) is 4.03. The fourth-order valence-corrected chi connectivity index (χ4v) is 3.47. The molecule has 2 N–H and O–H groups in total. The van der Waals surface area contributed by atoms with E-state index in [1.807, 2.05) is 17.5 Å². The zero-order valence-corrected chi connectivity index (χ0v) is 15.8. The van der Waals surface area contributed by atoms with Gasteiger partial charge < -0.3 is 10.4 Å². The van der Waals surface area contributed by atoms with E-state index in [9.17, 15) is 9.59 Å². The fraction of sp³-hybridized carbons (Fsp3) is 0.0500. The molecule has 1 aromatic carbocycles. The number of hydrogen-bond acceptors (Lipinski definition) is 6. The average Bonchev–Trinajstić information content (AvgIpc) is 3.39. The van der Waals surface area contributed by atoms with Crippen molar-refractivity contribution >= 4 is 28.9 Å². The Kier molecular flexibility index (Phi) is 5.12. The molecule has 144 valence electrons. The predicted molar refractivity (Wildman–Crippen MR) is 108 cm³/mol. The summed E-state index contributed by atoms with van der Waals surface area (Å²) in [6.07, 6.45) is 5.18. The first-order valence-corrected chi connectivity index (χ1v) is 9.50. The quantitative estimate of drug-likeness (QED) is 0.509. The molecule has 0 saturated heterocycles. The maximum Gasteiger partial charge on any atom is 0.356 e. The molecular formula is C20H15N5O3S. The zero-order chi connectivity index (χ0) is 20.2. The van der Waals surface area contributed by atoms with E-state index in [2.05, 4.69) is 20.4 Å². The molecule has 1 amide bonds. The smallest absolute Gasteiger partial charge is 0.356 e. The second-order valence-electron chi connectivity index (χ2n) is 6.11. The Morgan fingerprint density at radius 1 is 1.14 bits per heavy atom. The Morgan fingerprint density at radius 2 is 1.97 bits per heavy atom. The molecule has 0 aliphatic carbocycles. The highest BCUT2D eigenvalue weighted by Crippen LogP contribution is 2.23. The number of amides is 1. The molecule has 0 spiro atoms. The van der Waals surface area contributed by atoms with Crippen LogP contribution in [0.2, 0.25) is 0 Å². The fourth-order valence-electron chi connectivity index (χ4n) is 2.66. The molecule has 0 atom stereocenters. The van der Waals surface area contributed by atoms with Crippen molar-refractivity contribution in [3.8, 4) is 16.3 Å². The first-order chi connectivity index (χ1) is 14.1. The number of carboxylic acid groups (broad SMARTS) is 1. The number of aromatic nitrogens is 4. The minimum atomic E-state index is -1.08. The van der Waals surface area contributed by atoms with Crippen LogP contribution in [-0.4, -0.2) is 36.7 Å². The molecule has 9 heteroatoms. The maximum atomic E-state index is 12.3. The Morgan fingerprint density at radius 3 is 2.66 bits per heavy atom. The van der Waals surface area contributed by atoms with Gasteiger partial charge in [-0.15, -0.1) is 11.3 Å². The van der Waals surface area contributed by atoms with E-state index in [0.717, 1.165) is 10.6 Å². The van der Waals surface area contributed by atoms with Gasteiger partial charge in [0, 0.05) is 35.2 Å². The molecule has 3 aromatic heterocycles. The van der Waals surface area contributed by atoms with Gasteiger partial charge in [0.05, 0.1) is 17.8 Å². The number of carbonyl (C=O) groups excluding carboxylic acids is 1. The van der Waals surface area contributed by atoms with E-state index in [4.69, 9.17) is 5.11 Å². The summed E-state index contributed by atoms with van der Waals surface area (Å²) < 4.78 is 1.46. The topological polar surface area (TPSA) is 110 Å². The summed E-state index contributed by atoms with van der Waals surface area (Å²) in [4.78, 5) is 31.8. The minimum absolute atomic E-state index is 0.0312. The van der Waals surface area contributed by atoms with E-state index in [0.29, 0.717) is 17.1 Å². The highest BCUT2D eigenvalue weighted by atomic mass is 32.1. The molecule has 0 fully saturated rings. The van der Waals surface area contributed by atoms with Gasteiger partial charge in [-0.3, -0.25) is 9.78 Å². The molecule has 8 nitrogen and oxygen atoms in total. The van der Waals surface area contributed by atoms with Crippen LogP contribution >= 0.6 is 11.3 Å². The Labute approximate surface area is 169 Å². The van der Waals surface area contributed by atoms with Gasteiger partial charge in [-0.05, 0) is 42.5 Å². The zero-order valence-electron chi connectivity index (χ0n) is 15.0. The highest BCUT2D eigenvalue weighted by molar-refractivity contribution is 7.13. The van der Waals surface area contributed by atoms with Crippen molar-refractivity contribution in [2.45, 2.75) is 6.42 Å². The van der Waals surface area contributed by atoms with Gasteiger partial charge in [-0.25, -0.2) is 14.5 Å². The second-order valence-corrected chi connectivity index (χ2v) is 6.97. The van der Waals surface area contributed by atoms with Crippen LogP contribution in [0.1, 0.15) is 16.2 Å². The number of thiazole rings is 1. The number of hydrogen-bond donors (Lipinski definition) is 2. The third-order valence-corrected chi connectivity index (χ3v) is 4.97. The van der Waals surface area contributed by atoms with Crippen LogP contribution in [0.15, 0.2) is 66.4 Å². The van der Waals surface area contributed by atoms with Crippen LogP contribution in [0, 0.1) is 0 Å². The number of carboxylic acids is 1. The van der Waals surface area contributed by atoms with Crippen LogP contribution in [0.3, 0.4) is 0 Å². The van der Waals surface area contributed by atoms with Gasteiger partial charge in [-0.2, -0.15) is 5.10 Å². The number of nitrogens with one attached hydrogen (secondary N) is 1. The number of carbonyl (C=O) groups is 2. The summed E-state index contributed by atoms with van der Waals surface area (Å²) in [6.45, 7) is 0. The molecule has 0 aliphatic heterocycles. The van der Waals surface area contributed by atoms with E-state index in [1.54, 1.807) is 42.9 Å². The van der Waals surface area contributed by atoms with Crippen LogP contribution in [0.4, 0.5) is 5.69 Å². The molecule has 3 heterocycles. The summed E-state index contributed by atoms with van der Waals surface area (Å²) in [5.74, 6) is -1.26. The summed E-state index contributed by atoms with van der Waals surface area (Å²) in [5, 5.41) is 18.4. The lowest BCUT2D eigenvalue weighted by molar-refractivity contribution is -0.115. The van der Waals surface area contributed by atoms with Crippen LogP contribution in [-0.2, 0) is 11.2 Å². The molecule has 0 saturated carbocycles. The highest BCUT2D eigenvalue weighted by Gasteiger charge is 2.11. The number of aromatic carboxylic acids is 1. The van der Waals surface area contributed by atoms with Crippen molar-refractivity contribution in [1.82, 2.24) is 19.7 Å². The lowest BCUT2D eigenvalue weighted by Gasteiger charge is -2.06. The molecule has 0 bridgehead atoms.